The van der Waals surface area contributed by atoms with E-state index in [0.717, 1.165) is 16.2 Å². The van der Waals surface area contributed by atoms with Crippen molar-refractivity contribution in [1.29, 1.82) is 0 Å². The van der Waals surface area contributed by atoms with Gasteiger partial charge in [0.25, 0.3) is 0 Å². The average Bonchev–Trinajstić information content (AvgIpc) is 2.59. The Bertz CT molecular complexity index is 633. The molecule has 0 bridgehead atoms. The Morgan fingerprint density at radius 3 is 2.52 bits per heavy atom. The van der Waals surface area contributed by atoms with E-state index in [2.05, 4.69) is 11.4 Å². The zero-order valence-corrected chi connectivity index (χ0v) is 14.4. The van der Waals surface area contributed by atoms with E-state index in [0.29, 0.717) is 12.1 Å². The maximum Gasteiger partial charge on any atom is 0.132 e. The van der Waals surface area contributed by atoms with Gasteiger partial charge < -0.3 is 15.2 Å². The summed E-state index contributed by atoms with van der Waals surface area (Å²) < 4.78 is 18.3. The molecule has 0 aliphatic rings. The summed E-state index contributed by atoms with van der Waals surface area (Å²) in [6.07, 6.45) is 1.32. The molecule has 0 heterocycles. The molecule has 2 unspecified atom stereocenters. The van der Waals surface area contributed by atoms with Gasteiger partial charge in [0, 0.05) is 17.5 Å². The molecular weight excluding hydrogens is 313 g/mol. The van der Waals surface area contributed by atoms with Crippen LogP contribution >= 0.6 is 11.8 Å². The Morgan fingerprint density at radius 2 is 1.91 bits per heavy atom. The van der Waals surface area contributed by atoms with Gasteiger partial charge in [-0.15, -0.1) is 11.8 Å². The van der Waals surface area contributed by atoms with E-state index >= 15 is 0 Å². The van der Waals surface area contributed by atoms with Crippen LogP contribution in [0, 0.1) is 5.82 Å². The molecule has 23 heavy (non-hydrogen) atoms. The van der Waals surface area contributed by atoms with Gasteiger partial charge in [0.15, 0.2) is 0 Å². The number of aliphatic hydroxyl groups excluding tert-OH is 1. The monoisotopic (exact) mass is 335 g/mol. The number of aliphatic hydroxyl groups is 1. The van der Waals surface area contributed by atoms with E-state index < -0.39 is 6.10 Å². The fraction of sp³-hybridized carbons (Fsp3) is 0.333. The largest absolute Gasteiger partial charge is 0.496 e. The summed E-state index contributed by atoms with van der Waals surface area (Å²) in [7, 11) is 1.66. The fourth-order valence-corrected chi connectivity index (χ4v) is 2.95. The van der Waals surface area contributed by atoms with E-state index in [4.69, 9.17) is 4.74 Å². The molecule has 2 N–H and O–H groups in total. The third kappa shape index (κ3) is 4.70. The predicted octanol–water partition coefficient (Wildman–Crippen LogP) is 3.77. The minimum absolute atomic E-state index is 0.153. The van der Waals surface area contributed by atoms with Crippen LogP contribution in [0.5, 0.6) is 5.75 Å². The second-order valence-corrected chi connectivity index (χ2v) is 6.20. The minimum Gasteiger partial charge on any atom is -0.496 e. The third-order valence-corrected chi connectivity index (χ3v) is 4.52. The minimum atomic E-state index is -0.686. The zero-order valence-electron chi connectivity index (χ0n) is 13.5. The van der Waals surface area contributed by atoms with Gasteiger partial charge in [-0.25, -0.2) is 4.39 Å². The van der Waals surface area contributed by atoms with Gasteiger partial charge in [0.1, 0.15) is 11.6 Å². The summed E-state index contributed by atoms with van der Waals surface area (Å²) in [6.45, 7) is 2.55. The molecule has 0 radical (unpaired) electrons. The molecule has 0 spiro atoms. The highest BCUT2D eigenvalue weighted by atomic mass is 32.2. The Kier molecular flexibility index (Phi) is 6.45. The molecule has 0 fully saturated rings. The third-order valence-electron chi connectivity index (χ3n) is 3.76. The van der Waals surface area contributed by atoms with Crippen molar-refractivity contribution in [3.8, 4) is 5.75 Å². The Labute approximate surface area is 140 Å². The molecule has 2 rings (SSSR count). The average molecular weight is 335 g/mol. The van der Waals surface area contributed by atoms with Crippen LogP contribution in [0.2, 0.25) is 0 Å². The molecule has 124 valence electrons. The smallest absolute Gasteiger partial charge is 0.132 e. The second-order valence-electron chi connectivity index (χ2n) is 5.36. The van der Waals surface area contributed by atoms with Gasteiger partial charge in [-0.1, -0.05) is 18.2 Å². The normalized spacial score (nSPS) is 13.6. The van der Waals surface area contributed by atoms with Crippen molar-refractivity contribution in [2.75, 3.05) is 13.4 Å². The van der Waals surface area contributed by atoms with Gasteiger partial charge >= 0.3 is 0 Å². The molecule has 0 amide bonds. The second kappa shape index (κ2) is 8.34. The number of nitrogens with one attached hydrogen (secondary N) is 1. The summed E-state index contributed by atoms with van der Waals surface area (Å²) in [6, 6.07) is 11.8. The Balaban J connectivity index is 1.98. The van der Waals surface area contributed by atoms with E-state index in [9.17, 15) is 9.50 Å². The summed E-state index contributed by atoms with van der Waals surface area (Å²) in [5.74, 6) is 0.560. The van der Waals surface area contributed by atoms with E-state index in [1.54, 1.807) is 31.0 Å². The van der Waals surface area contributed by atoms with Crippen LogP contribution in [0.4, 0.5) is 4.39 Å². The first-order valence-corrected chi connectivity index (χ1v) is 8.65. The quantitative estimate of drug-likeness (QED) is 0.756. The van der Waals surface area contributed by atoms with Crippen molar-refractivity contribution in [3.63, 3.8) is 0 Å². The summed E-state index contributed by atoms with van der Waals surface area (Å²) in [5.41, 5.74) is 1.82. The number of hydrogen-bond donors (Lipinski definition) is 2. The van der Waals surface area contributed by atoms with Crippen molar-refractivity contribution in [2.45, 2.75) is 30.5 Å². The SMILES string of the molecule is COc1ccc(CNC(C)C(O)c2ccc(F)cc2)cc1SC. The number of benzene rings is 2. The van der Waals surface area contributed by atoms with Gasteiger partial charge in [-0.05, 0) is 48.6 Å². The van der Waals surface area contributed by atoms with Crippen LogP contribution in [0.3, 0.4) is 0 Å². The van der Waals surface area contributed by atoms with Crippen LogP contribution in [-0.4, -0.2) is 24.5 Å². The highest BCUT2D eigenvalue weighted by molar-refractivity contribution is 7.98. The van der Waals surface area contributed by atoms with Gasteiger partial charge in [-0.3, -0.25) is 0 Å². The number of methoxy groups -OCH3 is 1. The van der Waals surface area contributed by atoms with Crippen LogP contribution in [0.1, 0.15) is 24.2 Å². The lowest BCUT2D eigenvalue weighted by Crippen LogP contribution is -2.31. The fourth-order valence-electron chi connectivity index (χ4n) is 2.33. The molecule has 2 aromatic rings. The molecular formula is C18H22FNO2S. The summed E-state index contributed by atoms with van der Waals surface area (Å²) in [5, 5.41) is 13.6. The van der Waals surface area contributed by atoms with Crippen LogP contribution in [0.15, 0.2) is 47.4 Å². The van der Waals surface area contributed by atoms with Crippen LogP contribution in [-0.2, 0) is 6.54 Å². The maximum absolute atomic E-state index is 12.9. The standard InChI is InChI=1S/C18H22FNO2S/c1-12(18(21)14-5-7-15(19)8-6-14)20-11-13-4-9-16(22-2)17(10-13)23-3/h4-10,12,18,20-21H,11H2,1-3H3. The van der Waals surface area contributed by atoms with Crippen LogP contribution < -0.4 is 10.1 Å². The van der Waals surface area contributed by atoms with Gasteiger partial charge in [-0.2, -0.15) is 0 Å². The molecule has 5 heteroatoms. The summed E-state index contributed by atoms with van der Waals surface area (Å²) >= 11 is 1.64. The molecule has 2 atom stereocenters. The number of thioether (sulfide) groups is 1. The lowest BCUT2D eigenvalue weighted by Gasteiger charge is -2.21. The maximum atomic E-state index is 12.9. The van der Waals surface area contributed by atoms with Crippen molar-refractivity contribution in [2.24, 2.45) is 0 Å². The van der Waals surface area contributed by atoms with Crippen molar-refractivity contribution in [1.82, 2.24) is 5.32 Å². The molecule has 3 nitrogen and oxygen atoms in total. The molecule has 0 aromatic heterocycles. The van der Waals surface area contributed by atoms with E-state index in [1.807, 2.05) is 25.3 Å². The topological polar surface area (TPSA) is 41.5 Å². The van der Waals surface area contributed by atoms with Crippen molar-refractivity contribution < 1.29 is 14.2 Å². The van der Waals surface area contributed by atoms with Gasteiger partial charge in [0.05, 0.1) is 13.2 Å². The van der Waals surface area contributed by atoms with Crippen molar-refractivity contribution in [3.05, 3.63) is 59.4 Å². The molecule has 0 saturated heterocycles. The van der Waals surface area contributed by atoms with E-state index in [-0.39, 0.29) is 11.9 Å². The lowest BCUT2D eigenvalue weighted by atomic mass is 10.0. The number of rotatable bonds is 7. The zero-order chi connectivity index (χ0) is 16.8. The van der Waals surface area contributed by atoms with Crippen LogP contribution in [0.25, 0.3) is 0 Å². The first kappa shape index (κ1) is 17.8. The van der Waals surface area contributed by atoms with Crippen molar-refractivity contribution >= 4 is 11.8 Å². The summed E-state index contributed by atoms with van der Waals surface area (Å²) in [4.78, 5) is 1.08. The molecule has 0 aliphatic heterocycles. The molecule has 0 aliphatic carbocycles. The Hall–Kier alpha value is -1.56. The first-order valence-electron chi connectivity index (χ1n) is 7.43. The van der Waals surface area contributed by atoms with Gasteiger partial charge in [0.2, 0.25) is 0 Å². The number of halogens is 1. The molecule has 0 saturated carbocycles. The molecule has 2 aromatic carbocycles. The van der Waals surface area contributed by atoms with E-state index in [1.165, 1.54) is 12.1 Å². The first-order chi connectivity index (χ1) is 11.0. The highest BCUT2D eigenvalue weighted by Gasteiger charge is 2.16. The number of hydrogen-bond acceptors (Lipinski definition) is 4. The Morgan fingerprint density at radius 1 is 1.22 bits per heavy atom. The lowest BCUT2D eigenvalue weighted by molar-refractivity contribution is 0.135. The predicted molar refractivity (Wildman–Crippen MR) is 92.4 cm³/mol. The number of ether oxygens (including phenoxy) is 1. The highest BCUT2D eigenvalue weighted by Crippen LogP contribution is 2.28.